The molecule has 3 rings (SSSR count). The van der Waals surface area contributed by atoms with Gasteiger partial charge < -0.3 is 9.80 Å². The first-order valence-electron chi connectivity index (χ1n) is 9.80. The summed E-state index contributed by atoms with van der Waals surface area (Å²) in [5.41, 5.74) is 2.98. The molecule has 142 valence electrons. The van der Waals surface area contributed by atoms with Gasteiger partial charge in [0, 0.05) is 37.1 Å². The fourth-order valence-electron chi connectivity index (χ4n) is 3.60. The van der Waals surface area contributed by atoms with Gasteiger partial charge in [-0.1, -0.05) is 32.0 Å². The van der Waals surface area contributed by atoms with Crippen LogP contribution in [0, 0.1) is 0 Å². The Balaban J connectivity index is 1.85. The highest BCUT2D eigenvalue weighted by Gasteiger charge is 2.25. The summed E-state index contributed by atoms with van der Waals surface area (Å²) >= 11 is 0. The van der Waals surface area contributed by atoms with Gasteiger partial charge in [0.1, 0.15) is 5.69 Å². The van der Waals surface area contributed by atoms with Crippen LogP contribution in [-0.4, -0.2) is 41.3 Å². The molecule has 5 heteroatoms. The highest BCUT2D eigenvalue weighted by atomic mass is 16.2. The predicted octanol–water partition coefficient (Wildman–Crippen LogP) is 3.94. The van der Waals surface area contributed by atoms with Crippen LogP contribution < -0.4 is 4.90 Å². The first-order chi connectivity index (χ1) is 13.2. The fourth-order valence-corrected chi connectivity index (χ4v) is 3.60. The van der Waals surface area contributed by atoms with Crippen molar-refractivity contribution in [3.8, 4) is 0 Å². The SMILES string of the molecule is CCCN(CCC)C(=O)c1ccnc(C(=O)N2CCCc3ccccc32)c1. The van der Waals surface area contributed by atoms with E-state index in [1.54, 1.807) is 23.2 Å². The van der Waals surface area contributed by atoms with Crippen LogP contribution in [0.1, 0.15) is 59.5 Å². The number of aryl methyl sites for hydroxylation is 1. The van der Waals surface area contributed by atoms with Gasteiger partial charge in [0.15, 0.2) is 0 Å². The molecule has 1 aromatic carbocycles. The molecular formula is C22H27N3O2. The maximum Gasteiger partial charge on any atom is 0.276 e. The minimum atomic E-state index is -0.144. The number of pyridine rings is 1. The molecule has 1 aromatic heterocycles. The van der Waals surface area contributed by atoms with Crippen molar-refractivity contribution in [2.75, 3.05) is 24.5 Å². The van der Waals surface area contributed by atoms with Crippen molar-refractivity contribution in [2.45, 2.75) is 39.5 Å². The molecule has 0 bridgehead atoms. The minimum absolute atomic E-state index is 0.0332. The van der Waals surface area contributed by atoms with Crippen LogP contribution in [0.25, 0.3) is 0 Å². The van der Waals surface area contributed by atoms with Gasteiger partial charge >= 0.3 is 0 Å². The smallest absolute Gasteiger partial charge is 0.276 e. The Morgan fingerprint density at radius 1 is 1.11 bits per heavy atom. The molecule has 2 aromatic rings. The van der Waals surface area contributed by atoms with E-state index in [2.05, 4.69) is 24.9 Å². The number of carbonyl (C=O) groups is 2. The van der Waals surface area contributed by atoms with Crippen molar-refractivity contribution in [1.82, 2.24) is 9.88 Å². The average Bonchev–Trinajstić information content (AvgIpc) is 2.72. The summed E-state index contributed by atoms with van der Waals surface area (Å²) in [6.07, 6.45) is 5.30. The number of carbonyl (C=O) groups excluding carboxylic acids is 2. The molecule has 0 saturated heterocycles. The van der Waals surface area contributed by atoms with E-state index >= 15 is 0 Å². The van der Waals surface area contributed by atoms with E-state index in [4.69, 9.17) is 0 Å². The van der Waals surface area contributed by atoms with Crippen LogP contribution >= 0.6 is 0 Å². The Labute approximate surface area is 161 Å². The van der Waals surface area contributed by atoms with Crippen LogP contribution in [-0.2, 0) is 6.42 Å². The quantitative estimate of drug-likeness (QED) is 0.779. The lowest BCUT2D eigenvalue weighted by atomic mass is 10.0. The molecule has 2 heterocycles. The fraction of sp³-hybridized carbons (Fsp3) is 0.409. The lowest BCUT2D eigenvalue weighted by Crippen LogP contribution is -2.36. The van der Waals surface area contributed by atoms with Gasteiger partial charge in [0.25, 0.3) is 11.8 Å². The monoisotopic (exact) mass is 365 g/mol. The third-order valence-corrected chi connectivity index (χ3v) is 4.86. The average molecular weight is 365 g/mol. The largest absolute Gasteiger partial charge is 0.339 e. The van der Waals surface area contributed by atoms with Crippen LogP contribution in [0.5, 0.6) is 0 Å². The lowest BCUT2D eigenvalue weighted by Gasteiger charge is -2.29. The molecule has 0 N–H and O–H groups in total. The van der Waals surface area contributed by atoms with Crippen molar-refractivity contribution >= 4 is 17.5 Å². The van der Waals surface area contributed by atoms with E-state index < -0.39 is 0 Å². The number of fused-ring (bicyclic) bond motifs is 1. The predicted molar refractivity (Wildman–Crippen MR) is 107 cm³/mol. The Morgan fingerprint density at radius 3 is 2.59 bits per heavy atom. The molecule has 1 aliphatic rings. The molecule has 5 nitrogen and oxygen atoms in total. The molecule has 0 unspecified atom stereocenters. The summed E-state index contributed by atoms with van der Waals surface area (Å²) < 4.78 is 0. The number of hydrogen-bond acceptors (Lipinski definition) is 3. The molecule has 0 saturated carbocycles. The highest BCUT2D eigenvalue weighted by Crippen LogP contribution is 2.27. The molecule has 0 aliphatic carbocycles. The molecule has 0 radical (unpaired) electrons. The summed E-state index contributed by atoms with van der Waals surface area (Å²) in [6, 6.07) is 11.3. The Morgan fingerprint density at radius 2 is 1.85 bits per heavy atom. The normalized spacial score (nSPS) is 13.2. The van der Waals surface area contributed by atoms with E-state index in [1.807, 2.05) is 23.1 Å². The van der Waals surface area contributed by atoms with E-state index in [-0.39, 0.29) is 11.8 Å². The van der Waals surface area contributed by atoms with Crippen molar-refractivity contribution in [3.63, 3.8) is 0 Å². The number of amides is 2. The Bertz CT molecular complexity index is 813. The summed E-state index contributed by atoms with van der Waals surface area (Å²) in [5.74, 6) is -0.177. The first-order valence-corrected chi connectivity index (χ1v) is 9.80. The van der Waals surface area contributed by atoms with Crippen LogP contribution in [0.3, 0.4) is 0 Å². The maximum atomic E-state index is 13.1. The van der Waals surface area contributed by atoms with Crippen molar-refractivity contribution < 1.29 is 9.59 Å². The molecule has 0 spiro atoms. The molecular weight excluding hydrogens is 338 g/mol. The zero-order valence-electron chi connectivity index (χ0n) is 16.1. The van der Waals surface area contributed by atoms with E-state index in [0.717, 1.165) is 44.5 Å². The van der Waals surface area contributed by atoms with Gasteiger partial charge in [-0.25, -0.2) is 0 Å². The number of aromatic nitrogens is 1. The highest BCUT2D eigenvalue weighted by molar-refractivity contribution is 6.07. The lowest BCUT2D eigenvalue weighted by molar-refractivity contribution is 0.0755. The minimum Gasteiger partial charge on any atom is -0.339 e. The summed E-state index contributed by atoms with van der Waals surface area (Å²) in [7, 11) is 0. The number of rotatable bonds is 6. The van der Waals surface area contributed by atoms with E-state index in [9.17, 15) is 9.59 Å². The van der Waals surface area contributed by atoms with E-state index in [1.165, 1.54) is 5.56 Å². The van der Waals surface area contributed by atoms with Crippen LogP contribution in [0.2, 0.25) is 0 Å². The topological polar surface area (TPSA) is 53.5 Å². The standard InChI is InChI=1S/C22H27N3O2/c1-3-13-24(14-4-2)21(26)18-11-12-23-19(16-18)22(27)25-15-7-9-17-8-5-6-10-20(17)25/h5-6,8,10-12,16H,3-4,7,9,13-15H2,1-2H3. The molecule has 0 fully saturated rings. The van der Waals surface area contributed by atoms with Gasteiger partial charge in [-0.2, -0.15) is 0 Å². The molecule has 0 atom stereocenters. The third-order valence-electron chi connectivity index (χ3n) is 4.86. The first kappa shape index (κ1) is 19.1. The van der Waals surface area contributed by atoms with Crippen molar-refractivity contribution in [3.05, 3.63) is 59.4 Å². The zero-order valence-corrected chi connectivity index (χ0v) is 16.1. The molecule has 2 amide bonds. The van der Waals surface area contributed by atoms with Gasteiger partial charge in [0.05, 0.1) is 0 Å². The summed E-state index contributed by atoms with van der Waals surface area (Å²) in [5, 5.41) is 0. The second-order valence-electron chi connectivity index (χ2n) is 6.91. The summed E-state index contributed by atoms with van der Waals surface area (Å²) in [4.78, 5) is 33.8. The third kappa shape index (κ3) is 4.18. The summed E-state index contributed by atoms with van der Waals surface area (Å²) in [6.45, 7) is 6.24. The van der Waals surface area contributed by atoms with Crippen molar-refractivity contribution in [1.29, 1.82) is 0 Å². The van der Waals surface area contributed by atoms with Gasteiger partial charge in [-0.15, -0.1) is 0 Å². The van der Waals surface area contributed by atoms with Gasteiger partial charge in [0.2, 0.25) is 0 Å². The van der Waals surface area contributed by atoms with Gasteiger partial charge in [-0.3, -0.25) is 14.6 Å². The van der Waals surface area contributed by atoms with Crippen LogP contribution in [0.4, 0.5) is 5.69 Å². The van der Waals surface area contributed by atoms with E-state index in [0.29, 0.717) is 17.8 Å². The second kappa shape index (κ2) is 8.80. The number of benzene rings is 1. The van der Waals surface area contributed by atoms with Crippen molar-refractivity contribution in [2.24, 2.45) is 0 Å². The maximum absolute atomic E-state index is 13.1. The number of para-hydroxylation sites is 1. The number of hydrogen-bond donors (Lipinski definition) is 0. The van der Waals surface area contributed by atoms with Crippen LogP contribution in [0.15, 0.2) is 42.6 Å². The molecule has 1 aliphatic heterocycles. The number of anilines is 1. The number of nitrogens with zero attached hydrogens (tertiary/aromatic N) is 3. The zero-order chi connectivity index (χ0) is 19.2. The Kier molecular flexibility index (Phi) is 6.22. The second-order valence-corrected chi connectivity index (χ2v) is 6.91. The molecule has 27 heavy (non-hydrogen) atoms. The Hall–Kier alpha value is -2.69. The van der Waals surface area contributed by atoms with Gasteiger partial charge in [-0.05, 0) is 49.4 Å².